The third-order valence-electron chi connectivity index (χ3n) is 5.22. The Kier molecular flexibility index (Phi) is 4.63. The first-order valence-corrected chi connectivity index (χ1v) is 8.92. The fourth-order valence-electron chi connectivity index (χ4n) is 4.05. The summed E-state index contributed by atoms with van der Waals surface area (Å²) in [6.07, 6.45) is 6.95. The van der Waals surface area contributed by atoms with E-state index in [2.05, 4.69) is 34.6 Å². The van der Waals surface area contributed by atoms with Crippen molar-refractivity contribution < 1.29 is 4.79 Å². The molecule has 0 aliphatic carbocycles. The van der Waals surface area contributed by atoms with Crippen LogP contribution in [0.4, 0.5) is 0 Å². The molecule has 1 spiro atoms. The van der Waals surface area contributed by atoms with Crippen LogP contribution in [0.1, 0.15) is 25.8 Å². The maximum Gasteiger partial charge on any atom is 0.242 e. The molecule has 5 nitrogen and oxygen atoms in total. The van der Waals surface area contributed by atoms with Gasteiger partial charge >= 0.3 is 0 Å². The molecular formula is C19H28N4O. The van der Waals surface area contributed by atoms with Crippen LogP contribution in [-0.2, 0) is 11.3 Å². The van der Waals surface area contributed by atoms with Crippen molar-refractivity contribution in [1.29, 1.82) is 0 Å². The molecule has 130 valence electrons. The lowest BCUT2D eigenvalue weighted by atomic mass is 9.79. The van der Waals surface area contributed by atoms with Crippen molar-refractivity contribution in [1.82, 2.24) is 19.4 Å². The maximum absolute atomic E-state index is 12.5. The highest BCUT2D eigenvalue weighted by Crippen LogP contribution is 2.39. The van der Waals surface area contributed by atoms with Gasteiger partial charge in [-0.15, -0.1) is 0 Å². The van der Waals surface area contributed by atoms with Crippen molar-refractivity contribution in [3.8, 4) is 0 Å². The quantitative estimate of drug-likeness (QED) is 0.851. The van der Waals surface area contributed by atoms with E-state index in [1.165, 1.54) is 12.0 Å². The van der Waals surface area contributed by atoms with Crippen molar-refractivity contribution in [3.63, 3.8) is 0 Å². The van der Waals surface area contributed by atoms with E-state index in [0.717, 1.165) is 37.1 Å². The lowest BCUT2D eigenvalue weighted by molar-refractivity contribution is -0.143. The summed E-state index contributed by atoms with van der Waals surface area (Å²) >= 11 is 0. The second-order valence-corrected chi connectivity index (χ2v) is 7.07. The molecule has 5 heteroatoms. The van der Waals surface area contributed by atoms with E-state index in [1.807, 2.05) is 31.0 Å². The van der Waals surface area contributed by atoms with Gasteiger partial charge in [0.15, 0.2) is 0 Å². The third-order valence-corrected chi connectivity index (χ3v) is 5.22. The second-order valence-electron chi connectivity index (χ2n) is 7.07. The Labute approximate surface area is 144 Å². The molecule has 0 bridgehead atoms. The van der Waals surface area contributed by atoms with Gasteiger partial charge in [-0.1, -0.05) is 13.8 Å². The molecule has 2 aliphatic rings. The van der Waals surface area contributed by atoms with E-state index in [1.54, 1.807) is 6.20 Å². The van der Waals surface area contributed by atoms with E-state index in [0.29, 0.717) is 12.0 Å². The molecule has 2 saturated heterocycles. The summed E-state index contributed by atoms with van der Waals surface area (Å²) in [5, 5.41) is 1.13. The smallest absolute Gasteiger partial charge is 0.242 e. The molecule has 2 aromatic rings. The Morgan fingerprint density at radius 2 is 2.04 bits per heavy atom. The third kappa shape index (κ3) is 2.93. The Bertz CT molecular complexity index is 730. The van der Waals surface area contributed by atoms with Crippen LogP contribution in [0.3, 0.4) is 0 Å². The zero-order valence-electron chi connectivity index (χ0n) is 15.2. The molecular weight excluding hydrogens is 300 g/mol. The number of carbonyl (C=O) groups excluding carboxylic acids is 1. The van der Waals surface area contributed by atoms with Gasteiger partial charge in [0.05, 0.1) is 5.52 Å². The molecule has 1 amide bonds. The van der Waals surface area contributed by atoms with Crippen LogP contribution in [0.25, 0.3) is 10.9 Å². The number of amides is 1. The lowest BCUT2D eigenvalue weighted by Crippen LogP contribution is -2.59. The Hall–Kier alpha value is -1.88. The predicted octanol–water partition coefficient (Wildman–Crippen LogP) is 2.54. The van der Waals surface area contributed by atoms with Crippen LogP contribution >= 0.6 is 0 Å². The highest BCUT2D eigenvalue weighted by atomic mass is 16.2. The number of hydrogen-bond donors (Lipinski definition) is 0. The summed E-state index contributed by atoms with van der Waals surface area (Å²) in [4.78, 5) is 21.1. The van der Waals surface area contributed by atoms with Crippen molar-refractivity contribution in [3.05, 3.63) is 30.2 Å². The van der Waals surface area contributed by atoms with Gasteiger partial charge in [0.1, 0.15) is 6.54 Å². The summed E-state index contributed by atoms with van der Waals surface area (Å²) in [6.45, 7) is 10.6. The standard InChI is InChI=1S/C17H22N4O.C2H6/c1-13-8-20(15-3-5-18-7-14(13)15)9-16(22)21-11-17(12-21)4-6-19(2)10-17;1-2/h3,5,7-8H,4,6,9-12H2,1-2H3;1-2H3. The van der Waals surface area contributed by atoms with E-state index in [-0.39, 0.29) is 5.91 Å². The van der Waals surface area contributed by atoms with Gasteiger partial charge in [0.2, 0.25) is 5.91 Å². The van der Waals surface area contributed by atoms with E-state index >= 15 is 0 Å². The minimum Gasteiger partial charge on any atom is -0.340 e. The van der Waals surface area contributed by atoms with Crippen molar-refractivity contribution in [2.75, 3.05) is 33.2 Å². The molecule has 0 radical (unpaired) electrons. The van der Waals surface area contributed by atoms with Crippen LogP contribution < -0.4 is 0 Å². The SMILES string of the molecule is CC.Cc1cn(CC(=O)N2CC3(CCN(C)C3)C2)c2ccncc12. The van der Waals surface area contributed by atoms with E-state index < -0.39 is 0 Å². The number of hydrogen-bond acceptors (Lipinski definition) is 3. The first-order valence-electron chi connectivity index (χ1n) is 8.92. The van der Waals surface area contributed by atoms with Crippen molar-refractivity contribution in [2.24, 2.45) is 5.41 Å². The van der Waals surface area contributed by atoms with Crippen LogP contribution in [0.15, 0.2) is 24.7 Å². The fraction of sp³-hybridized carbons (Fsp3) is 0.579. The van der Waals surface area contributed by atoms with Crippen LogP contribution in [-0.4, -0.2) is 58.5 Å². The summed E-state index contributed by atoms with van der Waals surface area (Å²) in [7, 11) is 2.17. The Morgan fingerprint density at radius 1 is 1.29 bits per heavy atom. The number of pyridine rings is 1. The van der Waals surface area contributed by atoms with Gasteiger partial charge in [-0.25, -0.2) is 0 Å². The van der Waals surface area contributed by atoms with Crippen LogP contribution in [0.2, 0.25) is 0 Å². The average molecular weight is 328 g/mol. The lowest BCUT2D eigenvalue weighted by Gasteiger charge is -2.48. The number of likely N-dealkylation sites (tertiary alicyclic amines) is 2. The fourth-order valence-corrected chi connectivity index (χ4v) is 4.05. The molecule has 2 fully saturated rings. The largest absolute Gasteiger partial charge is 0.340 e. The minimum absolute atomic E-state index is 0.230. The number of rotatable bonds is 2. The predicted molar refractivity (Wildman–Crippen MR) is 96.9 cm³/mol. The van der Waals surface area contributed by atoms with Crippen LogP contribution in [0.5, 0.6) is 0 Å². The van der Waals surface area contributed by atoms with Gasteiger partial charge in [0.25, 0.3) is 0 Å². The number of nitrogens with zero attached hydrogens (tertiary/aromatic N) is 4. The normalized spacial score (nSPS) is 19.2. The molecule has 2 aliphatic heterocycles. The molecule has 0 unspecified atom stereocenters. The van der Waals surface area contributed by atoms with Crippen molar-refractivity contribution >= 4 is 16.8 Å². The van der Waals surface area contributed by atoms with Gasteiger partial charge in [-0.3, -0.25) is 9.78 Å². The zero-order chi connectivity index (χ0) is 17.3. The van der Waals surface area contributed by atoms with Gasteiger partial charge in [0, 0.05) is 49.0 Å². The maximum atomic E-state index is 12.5. The number of fused-ring (bicyclic) bond motifs is 1. The number of aromatic nitrogens is 2. The Morgan fingerprint density at radius 3 is 2.71 bits per heavy atom. The number of carbonyl (C=O) groups is 1. The highest BCUT2D eigenvalue weighted by Gasteiger charge is 2.48. The van der Waals surface area contributed by atoms with Gasteiger partial charge in [-0.05, 0) is 38.6 Å². The monoisotopic (exact) mass is 328 g/mol. The second kappa shape index (κ2) is 6.55. The first kappa shape index (κ1) is 17.0. The van der Waals surface area contributed by atoms with E-state index in [9.17, 15) is 4.79 Å². The molecule has 0 atom stereocenters. The Balaban J connectivity index is 0.000000815. The van der Waals surface area contributed by atoms with Crippen molar-refractivity contribution in [2.45, 2.75) is 33.7 Å². The molecule has 2 aromatic heterocycles. The summed E-state index contributed by atoms with van der Waals surface area (Å²) in [6, 6.07) is 1.99. The topological polar surface area (TPSA) is 41.4 Å². The summed E-state index contributed by atoms with van der Waals surface area (Å²) in [5.74, 6) is 0.230. The molecule has 0 aromatic carbocycles. The molecule has 0 saturated carbocycles. The van der Waals surface area contributed by atoms with Crippen LogP contribution in [0, 0.1) is 12.3 Å². The highest BCUT2D eigenvalue weighted by molar-refractivity contribution is 5.85. The van der Waals surface area contributed by atoms with E-state index in [4.69, 9.17) is 0 Å². The minimum atomic E-state index is 0.230. The summed E-state index contributed by atoms with van der Waals surface area (Å²) in [5.41, 5.74) is 2.65. The average Bonchev–Trinajstić information content (AvgIpc) is 3.10. The number of aryl methyl sites for hydroxylation is 1. The summed E-state index contributed by atoms with van der Waals surface area (Å²) < 4.78 is 2.06. The van der Waals surface area contributed by atoms with Gasteiger partial charge in [-0.2, -0.15) is 0 Å². The molecule has 0 N–H and O–H groups in total. The molecule has 4 heterocycles. The molecule has 24 heavy (non-hydrogen) atoms. The first-order chi connectivity index (χ1) is 11.6. The molecule has 4 rings (SSSR count). The zero-order valence-corrected chi connectivity index (χ0v) is 15.2. The van der Waals surface area contributed by atoms with Gasteiger partial charge < -0.3 is 14.4 Å².